The van der Waals surface area contributed by atoms with Crippen LogP contribution in [0, 0.1) is 0 Å². The lowest BCUT2D eigenvalue weighted by Crippen LogP contribution is -2.42. The van der Waals surface area contributed by atoms with E-state index < -0.39 is 5.41 Å². The number of likely N-dealkylation sites (N-methyl/N-ethyl adjacent to an activating group) is 1. The van der Waals surface area contributed by atoms with Crippen molar-refractivity contribution in [1.29, 1.82) is 0 Å². The number of amides is 1. The summed E-state index contributed by atoms with van der Waals surface area (Å²) in [5, 5.41) is 0. The highest BCUT2D eigenvalue weighted by Crippen LogP contribution is 2.59. The summed E-state index contributed by atoms with van der Waals surface area (Å²) < 4.78 is 0. The van der Waals surface area contributed by atoms with Crippen molar-refractivity contribution < 1.29 is 4.79 Å². The average Bonchev–Trinajstić information content (AvgIpc) is 2.90. The molecule has 16 heavy (non-hydrogen) atoms. The molecule has 1 saturated carbocycles. The fourth-order valence-corrected chi connectivity index (χ4v) is 2.64. The van der Waals surface area contributed by atoms with Gasteiger partial charge in [-0.1, -0.05) is 30.3 Å². The minimum absolute atomic E-state index is 0.153. The van der Waals surface area contributed by atoms with Crippen LogP contribution in [0.3, 0.4) is 0 Å². The maximum absolute atomic E-state index is 11.8. The number of primary amides is 1. The Balaban J connectivity index is 2.47. The molecule has 1 aliphatic rings. The van der Waals surface area contributed by atoms with Gasteiger partial charge in [0.15, 0.2) is 0 Å². The first kappa shape index (κ1) is 11.1. The molecule has 2 atom stereocenters. The van der Waals surface area contributed by atoms with E-state index in [-0.39, 0.29) is 11.4 Å². The lowest BCUT2D eigenvalue weighted by atomic mass is 9.90. The fourth-order valence-electron chi connectivity index (χ4n) is 2.64. The quantitative estimate of drug-likeness (QED) is 0.826. The van der Waals surface area contributed by atoms with Crippen LogP contribution in [0.5, 0.6) is 0 Å². The van der Waals surface area contributed by atoms with Gasteiger partial charge in [-0.05, 0) is 33.0 Å². The number of nitrogens with two attached hydrogens (primary N) is 1. The molecule has 3 nitrogen and oxygen atoms in total. The second-order valence-electron chi connectivity index (χ2n) is 4.98. The summed E-state index contributed by atoms with van der Waals surface area (Å²) in [4.78, 5) is 13.9. The van der Waals surface area contributed by atoms with Crippen LogP contribution in [0.15, 0.2) is 30.3 Å². The van der Waals surface area contributed by atoms with Gasteiger partial charge in [0.1, 0.15) is 0 Å². The summed E-state index contributed by atoms with van der Waals surface area (Å²) in [5.41, 5.74) is 5.97. The van der Waals surface area contributed by atoms with Gasteiger partial charge in [0.25, 0.3) is 0 Å². The molecule has 0 radical (unpaired) electrons. The topological polar surface area (TPSA) is 46.3 Å². The van der Waals surface area contributed by atoms with Crippen molar-refractivity contribution in [3.63, 3.8) is 0 Å². The van der Waals surface area contributed by atoms with Crippen molar-refractivity contribution >= 4 is 5.91 Å². The molecule has 2 rings (SSSR count). The third kappa shape index (κ3) is 1.21. The summed E-state index contributed by atoms with van der Waals surface area (Å²) in [6.45, 7) is 2.09. The highest BCUT2D eigenvalue weighted by molar-refractivity contribution is 5.93. The number of rotatable bonds is 3. The molecule has 0 spiro atoms. The molecule has 3 heteroatoms. The second kappa shape index (κ2) is 3.32. The Labute approximate surface area is 96.2 Å². The van der Waals surface area contributed by atoms with E-state index in [1.165, 1.54) is 0 Å². The normalized spacial score (nSPS) is 32.8. The molecule has 0 bridgehead atoms. The summed E-state index contributed by atoms with van der Waals surface area (Å²) >= 11 is 0. The molecule has 0 aromatic heterocycles. The van der Waals surface area contributed by atoms with E-state index >= 15 is 0 Å². The zero-order valence-electron chi connectivity index (χ0n) is 10.0. The Morgan fingerprint density at radius 3 is 2.25 bits per heavy atom. The Hall–Kier alpha value is -1.35. The number of hydrogen-bond donors (Lipinski definition) is 1. The van der Waals surface area contributed by atoms with Crippen LogP contribution >= 0.6 is 0 Å². The van der Waals surface area contributed by atoms with E-state index in [1.807, 2.05) is 44.4 Å². The van der Waals surface area contributed by atoms with Gasteiger partial charge < -0.3 is 10.6 Å². The minimum Gasteiger partial charge on any atom is -0.369 e. The van der Waals surface area contributed by atoms with Crippen molar-refractivity contribution in [3.8, 4) is 0 Å². The van der Waals surface area contributed by atoms with Crippen LogP contribution in [0.2, 0.25) is 0 Å². The monoisotopic (exact) mass is 218 g/mol. The van der Waals surface area contributed by atoms with Crippen LogP contribution < -0.4 is 5.73 Å². The van der Waals surface area contributed by atoms with Crippen molar-refractivity contribution in [2.45, 2.75) is 24.3 Å². The summed E-state index contributed by atoms with van der Waals surface area (Å²) in [5.74, 6) is -0.227. The summed E-state index contributed by atoms with van der Waals surface area (Å²) in [6.07, 6.45) is 0.798. The third-order valence-electron chi connectivity index (χ3n) is 4.08. The molecule has 2 unspecified atom stereocenters. The average molecular weight is 218 g/mol. The molecule has 86 valence electrons. The zero-order valence-corrected chi connectivity index (χ0v) is 10.0. The molecule has 1 fully saturated rings. The lowest BCUT2D eigenvalue weighted by molar-refractivity contribution is -0.121. The van der Waals surface area contributed by atoms with E-state index in [2.05, 4.69) is 11.8 Å². The van der Waals surface area contributed by atoms with Crippen LogP contribution in [0.4, 0.5) is 0 Å². The third-order valence-corrected chi connectivity index (χ3v) is 4.08. The molecule has 0 heterocycles. The van der Waals surface area contributed by atoms with Crippen LogP contribution in [0.25, 0.3) is 0 Å². The minimum atomic E-state index is -0.516. The Bertz CT molecular complexity index is 415. The maximum Gasteiger partial charge on any atom is 0.230 e. The highest BCUT2D eigenvalue weighted by atomic mass is 16.1. The Morgan fingerprint density at radius 2 is 1.88 bits per heavy atom. The van der Waals surface area contributed by atoms with E-state index in [1.54, 1.807) is 0 Å². The summed E-state index contributed by atoms with van der Waals surface area (Å²) in [6, 6.07) is 9.83. The standard InChI is InChI=1S/C13H18N2O/c1-12(15(2)3)9-13(12,11(14)16)10-7-5-4-6-8-10/h4-8H,9H2,1-3H3,(H2,14,16). The molecule has 1 amide bonds. The van der Waals surface area contributed by atoms with E-state index in [0.717, 1.165) is 12.0 Å². The SMILES string of the molecule is CN(C)C1(C)CC1(C(N)=O)c1ccccc1. The van der Waals surface area contributed by atoms with E-state index in [9.17, 15) is 4.79 Å². The van der Waals surface area contributed by atoms with Crippen molar-refractivity contribution in [3.05, 3.63) is 35.9 Å². The summed E-state index contributed by atoms with van der Waals surface area (Å²) in [7, 11) is 3.99. The van der Waals surface area contributed by atoms with E-state index in [4.69, 9.17) is 5.73 Å². The molecule has 1 aromatic rings. The predicted molar refractivity (Wildman–Crippen MR) is 64.0 cm³/mol. The highest BCUT2D eigenvalue weighted by Gasteiger charge is 2.70. The van der Waals surface area contributed by atoms with Gasteiger partial charge in [-0.2, -0.15) is 0 Å². The van der Waals surface area contributed by atoms with Gasteiger partial charge in [-0.15, -0.1) is 0 Å². The molecule has 0 saturated heterocycles. The van der Waals surface area contributed by atoms with Crippen LogP contribution in [-0.4, -0.2) is 30.4 Å². The predicted octanol–water partition coefficient (Wildman–Crippen LogP) is 1.13. The number of carbonyl (C=O) groups is 1. The first-order valence-electron chi connectivity index (χ1n) is 5.48. The number of hydrogen-bond acceptors (Lipinski definition) is 2. The van der Waals surface area contributed by atoms with Crippen LogP contribution in [0.1, 0.15) is 18.9 Å². The first-order chi connectivity index (χ1) is 7.45. The van der Waals surface area contributed by atoms with Gasteiger partial charge in [-0.25, -0.2) is 0 Å². The van der Waals surface area contributed by atoms with Gasteiger partial charge in [0, 0.05) is 5.54 Å². The van der Waals surface area contributed by atoms with Gasteiger partial charge in [-0.3, -0.25) is 4.79 Å². The smallest absolute Gasteiger partial charge is 0.230 e. The molecule has 2 N–H and O–H groups in total. The zero-order chi connectivity index (χ0) is 12.0. The number of nitrogens with zero attached hydrogens (tertiary/aromatic N) is 1. The molecular weight excluding hydrogens is 200 g/mol. The van der Waals surface area contributed by atoms with Gasteiger partial charge in [0.2, 0.25) is 5.91 Å². The van der Waals surface area contributed by atoms with E-state index in [0.29, 0.717) is 0 Å². The molecule has 1 aromatic carbocycles. The Morgan fingerprint density at radius 1 is 1.31 bits per heavy atom. The largest absolute Gasteiger partial charge is 0.369 e. The van der Waals surface area contributed by atoms with Crippen molar-refractivity contribution in [2.24, 2.45) is 5.73 Å². The Kier molecular flexibility index (Phi) is 2.31. The maximum atomic E-state index is 11.8. The molecule has 0 aliphatic heterocycles. The lowest BCUT2D eigenvalue weighted by Gasteiger charge is -2.26. The van der Waals surface area contributed by atoms with Crippen molar-refractivity contribution in [1.82, 2.24) is 4.90 Å². The molecule has 1 aliphatic carbocycles. The molecular formula is C13H18N2O. The van der Waals surface area contributed by atoms with Crippen LogP contribution in [-0.2, 0) is 10.2 Å². The number of benzene rings is 1. The van der Waals surface area contributed by atoms with Gasteiger partial charge >= 0.3 is 0 Å². The first-order valence-corrected chi connectivity index (χ1v) is 5.48. The fraction of sp³-hybridized carbons (Fsp3) is 0.462. The van der Waals surface area contributed by atoms with Gasteiger partial charge in [0.05, 0.1) is 5.41 Å². The second-order valence-corrected chi connectivity index (χ2v) is 4.98. The van der Waals surface area contributed by atoms with Crippen molar-refractivity contribution in [2.75, 3.05) is 14.1 Å². The number of carbonyl (C=O) groups excluding carboxylic acids is 1.